The van der Waals surface area contributed by atoms with E-state index in [0.29, 0.717) is 24.9 Å². The summed E-state index contributed by atoms with van der Waals surface area (Å²) in [4.78, 5) is 14.0. The molecular formula is C15H17BrF3NO. The van der Waals surface area contributed by atoms with E-state index in [1.165, 1.54) is 12.1 Å². The summed E-state index contributed by atoms with van der Waals surface area (Å²) in [5, 5.41) is 0. The van der Waals surface area contributed by atoms with Gasteiger partial charge in [0.2, 0.25) is 0 Å². The second kappa shape index (κ2) is 5.99. The first-order valence-corrected chi connectivity index (χ1v) is 7.65. The highest BCUT2D eigenvalue weighted by molar-refractivity contribution is 9.10. The summed E-state index contributed by atoms with van der Waals surface area (Å²) in [6.45, 7) is 5.39. The average Bonchev–Trinajstić information content (AvgIpc) is 2.40. The first kappa shape index (κ1) is 16.3. The van der Waals surface area contributed by atoms with Gasteiger partial charge in [-0.05, 0) is 36.5 Å². The second-order valence-electron chi connectivity index (χ2n) is 5.69. The largest absolute Gasteiger partial charge is 0.417 e. The fourth-order valence-electron chi connectivity index (χ4n) is 2.51. The Kier molecular flexibility index (Phi) is 4.66. The zero-order chi connectivity index (χ0) is 15.8. The number of piperidine rings is 1. The predicted octanol–water partition coefficient (Wildman–Crippen LogP) is 4.59. The lowest BCUT2D eigenvalue weighted by molar-refractivity contribution is -0.138. The highest BCUT2D eigenvalue weighted by Crippen LogP contribution is 2.35. The van der Waals surface area contributed by atoms with E-state index in [2.05, 4.69) is 29.8 Å². The van der Waals surface area contributed by atoms with Crippen LogP contribution >= 0.6 is 15.9 Å². The van der Waals surface area contributed by atoms with Crippen molar-refractivity contribution in [2.75, 3.05) is 13.1 Å². The van der Waals surface area contributed by atoms with Gasteiger partial charge in [-0.25, -0.2) is 0 Å². The van der Waals surface area contributed by atoms with Gasteiger partial charge in [-0.2, -0.15) is 13.2 Å². The SMILES string of the molecule is CC1CCN(C(=O)c2ccc(Br)c(C(F)(F)F)c2)CC1C. The van der Waals surface area contributed by atoms with E-state index in [1.807, 2.05) is 0 Å². The maximum atomic E-state index is 12.9. The van der Waals surface area contributed by atoms with Crippen LogP contribution in [0.15, 0.2) is 22.7 Å². The number of carbonyl (C=O) groups excluding carboxylic acids is 1. The van der Waals surface area contributed by atoms with Crippen molar-refractivity contribution < 1.29 is 18.0 Å². The summed E-state index contributed by atoms with van der Waals surface area (Å²) in [7, 11) is 0. The van der Waals surface area contributed by atoms with Crippen molar-refractivity contribution in [3.63, 3.8) is 0 Å². The Morgan fingerprint density at radius 2 is 1.95 bits per heavy atom. The number of likely N-dealkylation sites (tertiary alicyclic amines) is 1. The minimum atomic E-state index is -4.47. The number of halogens is 4. The Morgan fingerprint density at radius 1 is 1.29 bits per heavy atom. The Balaban J connectivity index is 2.24. The van der Waals surface area contributed by atoms with Crippen molar-refractivity contribution >= 4 is 21.8 Å². The third-order valence-corrected chi connectivity index (χ3v) is 4.83. The maximum Gasteiger partial charge on any atom is 0.417 e. The van der Waals surface area contributed by atoms with Crippen molar-refractivity contribution in [3.05, 3.63) is 33.8 Å². The van der Waals surface area contributed by atoms with Gasteiger partial charge in [0.05, 0.1) is 5.56 Å². The molecule has 2 unspecified atom stereocenters. The quantitative estimate of drug-likeness (QED) is 0.714. The summed E-state index contributed by atoms with van der Waals surface area (Å²) in [5.74, 6) is 0.566. The van der Waals surface area contributed by atoms with E-state index in [4.69, 9.17) is 0 Å². The number of hydrogen-bond donors (Lipinski definition) is 0. The molecule has 1 aliphatic heterocycles. The molecule has 1 saturated heterocycles. The van der Waals surface area contributed by atoms with Gasteiger partial charge >= 0.3 is 6.18 Å². The first-order chi connectivity index (χ1) is 9.70. The summed E-state index contributed by atoms with van der Waals surface area (Å²) >= 11 is 2.88. The van der Waals surface area contributed by atoms with E-state index in [1.54, 1.807) is 4.90 Å². The van der Waals surface area contributed by atoms with Crippen LogP contribution in [-0.2, 0) is 6.18 Å². The first-order valence-electron chi connectivity index (χ1n) is 6.86. The molecule has 1 aromatic carbocycles. The molecule has 0 aliphatic carbocycles. The Morgan fingerprint density at radius 3 is 2.52 bits per heavy atom. The molecule has 1 fully saturated rings. The van der Waals surface area contributed by atoms with Gasteiger partial charge in [0.1, 0.15) is 0 Å². The predicted molar refractivity (Wildman–Crippen MR) is 78.0 cm³/mol. The van der Waals surface area contributed by atoms with E-state index in [-0.39, 0.29) is 15.9 Å². The molecule has 0 aromatic heterocycles. The molecular weight excluding hydrogens is 347 g/mol. The highest BCUT2D eigenvalue weighted by Gasteiger charge is 2.34. The molecule has 116 valence electrons. The minimum absolute atomic E-state index is 0.0489. The summed E-state index contributed by atoms with van der Waals surface area (Å²) in [5.41, 5.74) is -0.723. The lowest BCUT2D eigenvalue weighted by atomic mass is 9.88. The van der Waals surface area contributed by atoms with Gasteiger partial charge in [-0.1, -0.05) is 29.8 Å². The molecule has 2 rings (SSSR count). The molecule has 2 atom stereocenters. The third-order valence-electron chi connectivity index (χ3n) is 4.14. The molecule has 1 aliphatic rings. The number of benzene rings is 1. The summed E-state index contributed by atoms with van der Waals surface area (Å²) < 4.78 is 38.6. The topological polar surface area (TPSA) is 20.3 Å². The number of alkyl halides is 3. The van der Waals surface area contributed by atoms with E-state index >= 15 is 0 Å². The highest BCUT2D eigenvalue weighted by atomic mass is 79.9. The minimum Gasteiger partial charge on any atom is -0.338 e. The number of hydrogen-bond acceptors (Lipinski definition) is 1. The molecule has 2 nitrogen and oxygen atoms in total. The lowest BCUT2D eigenvalue weighted by Gasteiger charge is -2.35. The molecule has 0 N–H and O–H groups in total. The van der Waals surface area contributed by atoms with Crippen LogP contribution in [-0.4, -0.2) is 23.9 Å². The van der Waals surface area contributed by atoms with Crippen molar-refractivity contribution in [1.29, 1.82) is 0 Å². The molecule has 6 heteroatoms. The van der Waals surface area contributed by atoms with Crippen LogP contribution in [0.4, 0.5) is 13.2 Å². The molecule has 0 saturated carbocycles. The van der Waals surface area contributed by atoms with Gasteiger partial charge in [0.15, 0.2) is 0 Å². The molecule has 0 radical (unpaired) electrons. The lowest BCUT2D eigenvalue weighted by Crippen LogP contribution is -2.42. The summed E-state index contributed by atoms with van der Waals surface area (Å²) in [6, 6.07) is 3.64. The van der Waals surface area contributed by atoms with Gasteiger partial charge < -0.3 is 4.90 Å². The third kappa shape index (κ3) is 3.59. The molecule has 1 aromatic rings. The standard InChI is InChI=1S/C15H17BrF3NO/c1-9-5-6-20(8-10(9)2)14(21)11-3-4-13(16)12(7-11)15(17,18)19/h3-4,7,9-10H,5-6,8H2,1-2H3. The maximum absolute atomic E-state index is 12.9. The van der Waals surface area contributed by atoms with Crippen LogP contribution in [0.5, 0.6) is 0 Å². The van der Waals surface area contributed by atoms with Crippen molar-refractivity contribution in [2.24, 2.45) is 11.8 Å². The van der Waals surface area contributed by atoms with Crippen molar-refractivity contribution in [2.45, 2.75) is 26.4 Å². The van der Waals surface area contributed by atoms with E-state index in [0.717, 1.165) is 12.5 Å². The van der Waals surface area contributed by atoms with Crippen LogP contribution in [0.25, 0.3) is 0 Å². The number of rotatable bonds is 1. The van der Waals surface area contributed by atoms with Gasteiger partial charge in [0.25, 0.3) is 5.91 Å². The molecule has 21 heavy (non-hydrogen) atoms. The van der Waals surface area contributed by atoms with Crippen molar-refractivity contribution in [1.82, 2.24) is 4.90 Å². The van der Waals surface area contributed by atoms with Gasteiger partial charge in [-0.3, -0.25) is 4.79 Å². The summed E-state index contributed by atoms with van der Waals surface area (Å²) in [6.07, 6.45) is -3.59. The number of nitrogens with zero attached hydrogens (tertiary/aromatic N) is 1. The van der Waals surface area contributed by atoms with E-state index in [9.17, 15) is 18.0 Å². The van der Waals surface area contributed by atoms with Crippen LogP contribution in [0.2, 0.25) is 0 Å². The Bertz CT molecular complexity index is 544. The molecule has 1 heterocycles. The fourth-order valence-corrected chi connectivity index (χ4v) is 2.98. The van der Waals surface area contributed by atoms with Crippen LogP contribution < -0.4 is 0 Å². The molecule has 0 bridgehead atoms. The Labute approximate surface area is 130 Å². The smallest absolute Gasteiger partial charge is 0.338 e. The van der Waals surface area contributed by atoms with Crippen LogP contribution in [0, 0.1) is 11.8 Å². The fraction of sp³-hybridized carbons (Fsp3) is 0.533. The zero-order valence-corrected chi connectivity index (χ0v) is 13.5. The molecule has 0 spiro atoms. The Hall–Kier alpha value is -1.04. The van der Waals surface area contributed by atoms with Gasteiger partial charge in [-0.15, -0.1) is 0 Å². The van der Waals surface area contributed by atoms with Crippen LogP contribution in [0.3, 0.4) is 0 Å². The number of carbonyl (C=O) groups is 1. The number of amides is 1. The zero-order valence-electron chi connectivity index (χ0n) is 11.9. The van der Waals surface area contributed by atoms with E-state index < -0.39 is 11.7 Å². The normalized spacial score (nSPS) is 23.2. The van der Waals surface area contributed by atoms with Gasteiger partial charge in [0, 0.05) is 23.1 Å². The van der Waals surface area contributed by atoms with Crippen molar-refractivity contribution in [3.8, 4) is 0 Å². The second-order valence-corrected chi connectivity index (χ2v) is 6.54. The average molecular weight is 364 g/mol. The monoisotopic (exact) mass is 363 g/mol. The van der Waals surface area contributed by atoms with Crippen LogP contribution in [0.1, 0.15) is 36.2 Å². The molecule has 1 amide bonds.